The summed E-state index contributed by atoms with van der Waals surface area (Å²) in [6.07, 6.45) is 0. The van der Waals surface area contributed by atoms with E-state index in [1.807, 2.05) is 77.2 Å². The average molecular weight is 889 g/mol. The van der Waals surface area contributed by atoms with Crippen LogP contribution in [0.2, 0.25) is 0 Å². The molecule has 0 bridgehead atoms. The van der Waals surface area contributed by atoms with Crippen molar-refractivity contribution in [3.8, 4) is 39.7 Å². The fourth-order valence-electron chi connectivity index (χ4n) is 5.80. The van der Waals surface area contributed by atoms with E-state index in [0.717, 1.165) is 11.1 Å². The molecule has 17 heteroatoms. The van der Waals surface area contributed by atoms with Crippen LogP contribution in [-0.4, -0.2) is 106 Å². The standard InChI is InChI=1S/C40H37IN6O10/c41-17-36(48)44-28-7-1-5-25(13-28)24-57-31-10-2-6-26(14-31)27-15-34(32-11-3-8-29(42-32)18-46(20-37(49)50)21-38(51)52)45-35(16-27)33-12-4-9-30(43-33)19-47(22-39(53)54)23-40(55)56/h1-16H,17-24H2,(H,44,48)(H,49,50)(H,51,52)(H,53,54)(H,55,56). The van der Waals surface area contributed by atoms with Crippen LogP contribution in [0.4, 0.5) is 5.69 Å². The Morgan fingerprint density at radius 3 is 1.60 bits per heavy atom. The molecule has 0 radical (unpaired) electrons. The Bertz CT molecular complexity index is 2140. The molecule has 0 spiro atoms. The highest BCUT2D eigenvalue weighted by atomic mass is 127. The number of nitrogens with one attached hydrogen (secondary N) is 1. The Hall–Kier alpha value is -6.31. The maximum atomic E-state index is 11.9. The first-order valence-electron chi connectivity index (χ1n) is 17.3. The summed E-state index contributed by atoms with van der Waals surface area (Å²) in [6.45, 7) is -1.92. The second-order valence-electron chi connectivity index (χ2n) is 12.7. The third kappa shape index (κ3) is 13.2. The Morgan fingerprint density at radius 1 is 0.579 bits per heavy atom. The predicted molar refractivity (Wildman–Crippen MR) is 216 cm³/mol. The molecular weight excluding hydrogens is 851 g/mol. The summed E-state index contributed by atoms with van der Waals surface area (Å²) < 4.78 is 6.48. The molecule has 0 unspecified atom stereocenters. The summed E-state index contributed by atoms with van der Waals surface area (Å²) in [4.78, 5) is 74.4. The Labute approximate surface area is 339 Å². The molecule has 16 nitrogen and oxygen atoms in total. The molecule has 0 atom stereocenters. The van der Waals surface area contributed by atoms with Crippen molar-refractivity contribution in [2.75, 3.05) is 35.9 Å². The number of halogens is 1. The summed E-state index contributed by atoms with van der Waals surface area (Å²) in [7, 11) is 0. The largest absolute Gasteiger partial charge is 0.489 e. The molecular formula is C40H37IN6O10. The molecule has 0 aliphatic rings. The van der Waals surface area contributed by atoms with Crippen molar-refractivity contribution in [2.45, 2.75) is 19.7 Å². The van der Waals surface area contributed by atoms with Crippen LogP contribution in [0.5, 0.6) is 5.75 Å². The van der Waals surface area contributed by atoms with Crippen LogP contribution in [0.1, 0.15) is 17.0 Å². The molecule has 3 heterocycles. The van der Waals surface area contributed by atoms with Gasteiger partial charge in [-0.3, -0.25) is 33.8 Å². The number of carboxylic acids is 4. The van der Waals surface area contributed by atoms with Crippen molar-refractivity contribution in [3.05, 3.63) is 114 Å². The molecule has 0 aliphatic heterocycles. The van der Waals surface area contributed by atoms with Crippen LogP contribution >= 0.6 is 22.6 Å². The number of nitrogens with zero attached hydrogens (tertiary/aromatic N) is 5. The number of anilines is 1. The minimum absolute atomic E-state index is 0.0568. The lowest BCUT2D eigenvalue weighted by atomic mass is 10.0. The van der Waals surface area contributed by atoms with Gasteiger partial charge < -0.3 is 30.5 Å². The number of rotatable bonds is 20. The molecule has 5 rings (SSSR count). The number of carbonyl (C=O) groups is 5. The fourth-order valence-corrected chi connectivity index (χ4v) is 6.00. The van der Waals surface area contributed by atoms with Crippen LogP contribution < -0.4 is 10.1 Å². The highest BCUT2D eigenvalue weighted by Gasteiger charge is 2.18. The minimum atomic E-state index is -1.19. The fraction of sp³-hybridized carbons (Fsp3) is 0.200. The number of aliphatic carboxylic acids is 4. The van der Waals surface area contributed by atoms with Gasteiger partial charge in [-0.25, -0.2) is 15.0 Å². The van der Waals surface area contributed by atoms with Crippen LogP contribution in [0.25, 0.3) is 33.9 Å². The van der Waals surface area contributed by atoms with Crippen LogP contribution in [0.3, 0.4) is 0 Å². The lowest BCUT2D eigenvalue weighted by molar-refractivity contribution is -0.144. The summed E-state index contributed by atoms with van der Waals surface area (Å²) in [5.41, 5.74) is 5.41. The van der Waals surface area contributed by atoms with Gasteiger partial charge in [-0.05, 0) is 77.4 Å². The Morgan fingerprint density at radius 2 is 1.09 bits per heavy atom. The topological polar surface area (TPSA) is 233 Å². The van der Waals surface area contributed by atoms with E-state index < -0.39 is 50.1 Å². The summed E-state index contributed by atoms with van der Waals surface area (Å²) in [6, 6.07) is 28.5. The van der Waals surface area contributed by atoms with E-state index in [1.54, 1.807) is 42.5 Å². The number of carbonyl (C=O) groups excluding carboxylic acids is 1. The lowest BCUT2D eigenvalue weighted by Gasteiger charge is -2.18. The van der Waals surface area contributed by atoms with Gasteiger partial charge in [-0.2, -0.15) is 0 Å². The van der Waals surface area contributed by atoms with Gasteiger partial charge in [-0.1, -0.05) is 59.0 Å². The first-order chi connectivity index (χ1) is 27.3. The number of pyridine rings is 3. The highest BCUT2D eigenvalue weighted by molar-refractivity contribution is 14.1. The Balaban J connectivity index is 1.52. The molecule has 0 fully saturated rings. The molecule has 1 amide bonds. The first-order valence-corrected chi connectivity index (χ1v) is 18.8. The number of benzene rings is 2. The number of alkyl halides is 1. The van der Waals surface area contributed by atoms with E-state index in [9.17, 15) is 44.4 Å². The van der Waals surface area contributed by atoms with Crippen molar-refractivity contribution in [1.29, 1.82) is 0 Å². The van der Waals surface area contributed by atoms with E-state index in [0.29, 0.717) is 55.6 Å². The smallest absolute Gasteiger partial charge is 0.317 e. The maximum absolute atomic E-state index is 11.9. The van der Waals surface area contributed by atoms with Gasteiger partial charge in [0.15, 0.2) is 0 Å². The molecule has 0 saturated heterocycles. The normalized spacial score (nSPS) is 11.0. The molecule has 0 saturated carbocycles. The zero-order chi connectivity index (χ0) is 40.9. The van der Waals surface area contributed by atoms with Crippen molar-refractivity contribution < 1.29 is 49.1 Å². The van der Waals surface area contributed by atoms with Crippen molar-refractivity contribution >= 4 is 58.1 Å². The van der Waals surface area contributed by atoms with Crippen LogP contribution in [0.15, 0.2) is 97.1 Å². The second kappa shape index (κ2) is 20.0. The predicted octanol–water partition coefficient (Wildman–Crippen LogP) is 4.77. The second-order valence-corrected chi connectivity index (χ2v) is 13.5. The molecule has 5 N–H and O–H groups in total. The minimum Gasteiger partial charge on any atom is -0.489 e. The zero-order valence-electron chi connectivity index (χ0n) is 30.2. The van der Waals surface area contributed by atoms with Crippen LogP contribution in [-0.2, 0) is 43.7 Å². The highest BCUT2D eigenvalue weighted by Crippen LogP contribution is 2.31. The molecule has 3 aromatic heterocycles. The van der Waals surface area contributed by atoms with Gasteiger partial charge in [-0.15, -0.1) is 0 Å². The third-order valence-electron chi connectivity index (χ3n) is 8.08. The Kier molecular flexibility index (Phi) is 14.7. The van der Waals surface area contributed by atoms with E-state index in [-0.39, 0.29) is 25.6 Å². The zero-order valence-corrected chi connectivity index (χ0v) is 32.4. The molecule has 294 valence electrons. The molecule has 57 heavy (non-hydrogen) atoms. The van der Waals surface area contributed by atoms with Gasteiger partial charge in [0.2, 0.25) is 5.91 Å². The molecule has 2 aromatic carbocycles. The monoisotopic (exact) mass is 888 g/mol. The molecule has 0 aliphatic carbocycles. The van der Waals surface area contributed by atoms with Gasteiger partial charge in [0.05, 0.1) is 64.8 Å². The third-order valence-corrected chi connectivity index (χ3v) is 8.77. The van der Waals surface area contributed by atoms with Gasteiger partial charge in [0.1, 0.15) is 12.4 Å². The number of hydrogen-bond donors (Lipinski definition) is 5. The molecule has 5 aromatic rings. The number of aromatic nitrogens is 3. The van der Waals surface area contributed by atoms with Gasteiger partial charge >= 0.3 is 23.9 Å². The average Bonchev–Trinajstić information content (AvgIpc) is 3.16. The quantitative estimate of drug-likeness (QED) is 0.0524. The van der Waals surface area contributed by atoms with Gasteiger partial charge in [0, 0.05) is 18.8 Å². The van der Waals surface area contributed by atoms with Crippen LogP contribution in [0, 0.1) is 0 Å². The summed E-state index contributed by atoms with van der Waals surface area (Å²) >= 11 is 1.99. The van der Waals surface area contributed by atoms with Gasteiger partial charge in [0.25, 0.3) is 0 Å². The number of hydrogen-bond acceptors (Lipinski definition) is 11. The SMILES string of the molecule is O=C(O)CN(CC(=O)O)Cc1cccc(-c2cc(-c3cccc(OCc4cccc(NC(=O)CI)c4)c3)cc(-c3cccc(CN(CC(=O)O)CC(=O)O)n3)n2)n1. The number of amides is 1. The van der Waals surface area contributed by atoms with E-state index >= 15 is 0 Å². The van der Waals surface area contributed by atoms with E-state index in [2.05, 4.69) is 5.32 Å². The van der Waals surface area contributed by atoms with Crippen molar-refractivity contribution in [1.82, 2.24) is 24.8 Å². The summed E-state index contributed by atoms with van der Waals surface area (Å²) in [5, 5.41) is 40.2. The number of carboxylic acid groups (broad SMARTS) is 4. The number of ether oxygens (including phenoxy) is 1. The van der Waals surface area contributed by atoms with Crippen molar-refractivity contribution in [2.24, 2.45) is 0 Å². The van der Waals surface area contributed by atoms with E-state index in [4.69, 9.17) is 19.7 Å². The van der Waals surface area contributed by atoms with E-state index in [1.165, 1.54) is 9.80 Å². The van der Waals surface area contributed by atoms with Crippen molar-refractivity contribution in [3.63, 3.8) is 0 Å². The maximum Gasteiger partial charge on any atom is 0.317 e. The summed E-state index contributed by atoms with van der Waals surface area (Å²) in [5.74, 6) is -4.29. The first kappa shape index (κ1) is 41.8. The lowest BCUT2D eigenvalue weighted by Crippen LogP contribution is -2.34.